The van der Waals surface area contributed by atoms with Crippen molar-refractivity contribution in [3.63, 3.8) is 0 Å². The van der Waals surface area contributed by atoms with Gasteiger partial charge >= 0.3 is 0 Å². The number of hydrogen-bond donors (Lipinski definition) is 2. The van der Waals surface area contributed by atoms with E-state index in [1.165, 1.54) is 38.8 Å². The van der Waals surface area contributed by atoms with Gasteiger partial charge in [0.2, 0.25) is 5.89 Å². The molecule has 1 aromatic heterocycles. The van der Waals surface area contributed by atoms with Crippen LogP contribution in [0.15, 0.2) is 9.52 Å². The smallest absolute Gasteiger partial charge is 0.232 e. The normalized spacial score (nSPS) is 17.4. The third kappa shape index (κ3) is 7.02. The van der Waals surface area contributed by atoms with Crippen LogP contribution in [0.2, 0.25) is 0 Å². The van der Waals surface area contributed by atoms with Crippen LogP contribution < -0.4 is 10.6 Å². The maximum Gasteiger partial charge on any atom is 0.232 e. The molecule has 7 nitrogen and oxygen atoms in total. The van der Waals surface area contributed by atoms with E-state index in [2.05, 4.69) is 51.4 Å². The Hall–Kier alpha value is -1.63. The van der Waals surface area contributed by atoms with Crippen molar-refractivity contribution >= 4 is 5.96 Å². The quantitative estimate of drug-likeness (QED) is 0.466. The van der Waals surface area contributed by atoms with Crippen LogP contribution in [0.3, 0.4) is 0 Å². The zero-order valence-electron chi connectivity index (χ0n) is 16.3. The first-order valence-corrected chi connectivity index (χ1v) is 9.49. The Balaban J connectivity index is 1.66. The Morgan fingerprint density at radius 1 is 1.16 bits per heavy atom. The fourth-order valence-electron chi connectivity index (χ4n) is 2.88. The molecule has 1 aromatic rings. The molecular formula is C18H34N6O. The van der Waals surface area contributed by atoms with Gasteiger partial charge in [-0.1, -0.05) is 38.8 Å². The van der Waals surface area contributed by atoms with Crippen molar-refractivity contribution in [1.29, 1.82) is 0 Å². The van der Waals surface area contributed by atoms with Crippen molar-refractivity contribution in [2.24, 2.45) is 4.99 Å². The zero-order valence-corrected chi connectivity index (χ0v) is 16.3. The van der Waals surface area contributed by atoms with E-state index in [0.29, 0.717) is 18.3 Å². The summed E-state index contributed by atoms with van der Waals surface area (Å²) >= 11 is 0. The summed E-state index contributed by atoms with van der Waals surface area (Å²) in [6.45, 7) is 11.3. The van der Waals surface area contributed by atoms with Gasteiger partial charge in [-0.05, 0) is 38.9 Å². The summed E-state index contributed by atoms with van der Waals surface area (Å²) in [6, 6.07) is 0. The topological polar surface area (TPSA) is 78.6 Å². The highest BCUT2D eigenvalue weighted by molar-refractivity contribution is 5.79. The van der Waals surface area contributed by atoms with Crippen LogP contribution in [-0.2, 0) is 12.0 Å². The van der Waals surface area contributed by atoms with Gasteiger partial charge in [-0.15, -0.1) is 0 Å². The molecule has 2 N–H and O–H groups in total. The van der Waals surface area contributed by atoms with Crippen molar-refractivity contribution in [1.82, 2.24) is 25.7 Å². The van der Waals surface area contributed by atoms with Gasteiger partial charge in [0.15, 0.2) is 11.8 Å². The van der Waals surface area contributed by atoms with Gasteiger partial charge in [-0.25, -0.2) is 0 Å². The highest BCUT2D eigenvalue weighted by atomic mass is 16.5. The second-order valence-corrected chi connectivity index (χ2v) is 7.73. The maximum atomic E-state index is 5.30. The van der Waals surface area contributed by atoms with E-state index in [9.17, 15) is 0 Å². The van der Waals surface area contributed by atoms with Crippen molar-refractivity contribution in [3.05, 3.63) is 11.7 Å². The first-order chi connectivity index (χ1) is 12.0. The van der Waals surface area contributed by atoms with Gasteiger partial charge in [0, 0.05) is 19.0 Å². The fourth-order valence-corrected chi connectivity index (χ4v) is 2.88. The molecule has 0 saturated carbocycles. The van der Waals surface area contributed by atoms with E-state index in [4.69, 9.17) is 4.52 Å². The first kappa shape index (κ1) is 19.7. The summed E-state index contributed by atoms with van der Waals surface area (Å²) in [5, 5.41) is 10.6. The molecule has 1 fully saturated rings. The Labute approximate surface area is 151 Å². The maximum absolute atomic E-state index is 5.30. The SMILES string of the molecule is CN=C(NCCCN1CCCCCC1)NCc1noc(C(C)(C)C)n1. The molecule has 0 unspecified atom stereocenters. The molecule has 142 valence electrons. The third-order valence-corrected chi connectivity index (χ3v) is 4.39. The van der Waals surface area contributed by atoms with Crippen molar-refractivity contribution < 1.29 is 4.52 Å². The lowest BCUT2D eigenvalue weighted by molar-refractivity contribution is 0.282. The van der Waals surface area contributed by atoms with Gasteiger partial charge in [0.05, 0.1) is 6.54 Å². The number of guanidine groups is 1. The van der Waals surface area contributed by atoms with E-state index >= 15 is 0 Å². The molecular weight excluding hydrogens is 316 g/mol. The summed E-state index contributed by atoms with van der Waals surface area (Å²) in [5.41, 5.74) is -0.126. The second kappa shape index (κ2) is 9.75. The average Bonchev–Trinajstić information content (AvgIpc) is 2.91. The van der Waals surface area contributed by atoms with E-state index in [0.717, 1.165) is 25.5 Å². The molecule has 1 saturated heterocycles. The largest absolute Gasteiger partial charge is 0.356 e. The van der Waals surface area contributed by atoms with E-state index in [1.807, 2.05) is 0 Å². The van der Waals surface area contributed by atoms with Crippen LogP contribution in [0.1, 0.15) is 64.6 Å². The predicted octanol–water partition coefficient (Wildman–Crippen LogP) is 2.30. The molecule has 25 heavy (non-hydrogen) atoms. The van der Waals surface area contributed by atoms with Crippen LogP contribution in [0.25, 0.3) is 0 Å². The molecule has 0 radical (unpaired) electrons. The standard InChI is InChI=1S/C18H34N6O/c1-18(2,3)16-22-15(23-25-16)14-21-17(19-4)20-10-9-13-24-11-7-5-6-8-12-24/h5-14H2,1-4H3,(H2,19,20,21). The summed E-state index contributed by atoms with van der Waals surface area (Å²) in [5.74, 6) is 2.08. The highest BCUT2D eigenvalue weighted by Gasteiger charge is 2.21. The second-order valence-electron chi connectivity index (χ2n) is 7.73. The number of aliphatic imine (C=N–C) groups is 1. The molecule has 1 aliphatic heterocycles. The summed E-state index contributed by atoms with van der Waals surface area (Å²) in [6.07, 6.45) is 6.59. The molecule has 0 aromatic carbocycles. The minimum atomic E-state index is -0.126. The molecule has 0 aliphatic carbocycles. The number of hydrogen-bond acceptors (Lipinski definition) is 5. The summed E-state index contributed by atoms with van der Waals surface area (Å²) in [4.78, 5) is 11.3. The molecule has 0 spiro atoms. The van der Waals surface area contributed by atoms with Crippen LogP contribution in [-0.4, -0.2) is 54.2 Å². The molecule has 2 heterocycles. The molecule has 2 rings (SSSR count). The molecule has 0 amide bonds. The minimum Gasteiger partial charge on any atom is -0.356 e. The van der Waals surface area contributed by atoms with Gasteiger partial charge in [-0.3, -0.25) is 4.99 Å². The number of nitrogens with one attached hydrogen (secondary N) is 2. The van der Waals surface area contributed by atoms with E-state index < -0.39 is 0 Å². The van der Waals surface area contributed by atoms with Crippen molar-refractivity contribution in [3.8, 4) is 0 Å². The number of likely N-dealkylation sites (tertiary alicyclic amines) is 1. The van der Waals surface area contributed by atoms with E-state index in [1.54, 1.807) is 7.05 Å². The molecule has 1 aliphatic rings. The van der Waals surface area contributed by atoms with E-state index in [-0.39, 0.29) is 5.41 Å². The summed E-state index contributed by atoms with van der Waals surface area (Å²) < 4.78 is 5.30. The summed E-state index contributed by atoms with van der Waals surface area (Å²) in [7, 11) is 1.78. The lowest BCUT2D eigenvalue weighted by Crippen LogP contribution is -2.38. The van der Waals surface area contributed by atoms with Gasteiger partial charge in [-0.2, -0.15) is 4.98 Å². The first-order valence-electron chi connectivity index (χ1n) is 9.49. The van der Waals surface area contributed by atoms with Crippen LogP contribution in [0.5, 0.6) is 0 Å². The average molecular weight is 351 g/mol. The predicted molar refractivity (Wildman–Crippen MR) is 101 cm³/mol. The number of aromatic nitrogens is 2. The van der Waals surface area contributed by atoms with Gasteiger partial charge < -0.3 is 20.1 Å². The minimum absolute atomic E-state index is 0.126. The number of nitrogens with zero attached hydrogens (tertiary/aromatic N) is 4. The lowest BCUT2D eigenvalue weighted by atomic mass is 9.97. The Morgan fingerprint density at radius 2 is 1.88 bits per heavy atom. The third-order valence-electron chi connectivity index (χ3n) is 4.39. The van der Waals surface area contributed by atoms with Crippen LogP contribution in [0, 0.1) is 0 Å². The zero-order chi connectivity index (χ0) is 18.1. The Bertz CT molecular complexity index is 526. The van der Waals surface area contributed by atoms with Crippen molar-refractivity contribution in [2.75, 3.05) is 33.2 Å². The number of rotatable bonds is 6. The molecule has 0 bridgehead atoms. The van der Waals surface area contributed by atoms with Gasteiger partial charge in [0.25, 0.3) is 0 Å². The highest BCUT2D eigenvalue weighted by Crippen LogP contribution is 2.19. The Kier molecular flexibility index (Phi) is 7.68. The van der Waals surface area contributed by atoms with Crippen LogP contribution >= 0.6 is 0 Å². The molecule has 7 heteroatoms. The van der Waals surface area contributed by atoms with Crippen molar-refractivity contribution in [2.45, 2.75) is 64.8 Å². The Morgan fingerprint density at radius 3 is 2.48 bits per heavy atom. The monoisotopic (exact) mass is 350 g/mol. The molecule has 0 atom stereocenters. The van der Waals surface area contributed by atoms with Gasteiger partial charge in [0.1, 0.15) is 0 Å². The van der Waals surface area contributed by atoms with Crippen LogP contribution in [0.4, 0.5) is 0 Å². The lowest BCUT2D eigenvalue weighted by Gasteiger charge is -2.20. The fraction of sp³-hybridized carbons (Fsp3) is 0.833.